The van der Waals surface area contributed by atoms with Crippen LogP contribution >= 0.6 is 0 Å². The van der Waals surface area contributed by atoms with E-state index in [4.69, 9.17) is 0 Å². The average Bonchev–Trinajstić information content (AvgIpc) is 2.85. The Hall–Kier alpha value is -3.67. The third-order valence-corrected chi connectivity index (χ3v) is 5.36. The van der Waals surface area contributed by atoms with Crippen molar-refractivity contribution in [3.63, 3.8) is 0 Å². The molecule has 0 radical (unpaired) electrons. The molecule has 4 N–H and O–H groups in total. The zero-order valence-electron chi connectivity index (χ0n) is 22.4. The minimum atomic E-state index is -0.412. The number of hydrogen-bond acceptors (Lipinski definition) is 6. The van der Waals surface area contributed by atoms with Crippen molar-refractivity contribution in [3.8, 4) is 18.6 Å². The molecule has 0 saturated heterocycles. The van der Waals surface area contributed by atoms with Crippen LogP contribution in [0.1, 0.15) is 76.2 Å². The molecular weight excluding hydrogens is 458 g/mol. The van der Waals surface area contributed by atoms with E-state index in [1.54, 1.807) is 26.2 Å². The number of anilines is 3. The maximum absolute atomic E-state index is 13.3. The number of carbonyl (C=O) groups is 1. The predicted octanol–water partition coefficient (Wildman–Crippen LogP) is 4.54. The molecule has 0 bridgehead atoms. The van der Waals surface area contributed by atoms with Gasteiger partial charge in [-0.2, -0.15) is 0 Å². The maximum atomic E-state index is 13.3. The van der Waals surface area contributed by atoms with E-state index in [1.807, 2.05) is 6.92 Å². The van der Waals surface area contributed by atoms with Crippen molar-refractivity contribution >= 4 is 23.0 Å². The van der Waals surface area contributed by atoms with Crippen LogP contribution in [0.5, 0.6) is 5.75 Å². The van der Waals surface area contributed by atoms with Crippen molar-refractivity contribution < 1.29 is 9.90 Å². The SMILES string of the molecule is C#C.CC(C)C.CCNc1c(Nc2cccc(C(=O)N(C)C)c2O)c(=O)n(C2CCCCC2)[nH]c1=O. The second kappa shape index (κ2) is 14.7. The Kier molecular flexibility index (Phi) is 12.4. The Bertz CT molecular complexity index is 1120. The first-order valence-corrected chi connectivity index (χ1v) is 12.3. The molecule has 1 aromatic heterocycles. The summed E-state index contributed by atoms with van der Waals surface area (Å²) < 4.78 is 1.40. The maximum Gasteiger partial charge on any atom is 0.291 e. The molecule has 1 aliphatic carbocycles. The summed E-state index contributed by atoms with van der Waals surface area (Å²) in [7, 11) is 3.18. The molecule has 1 fully saturated rings. The van der Waals surface area contributed by atoms with Crippen molar-refractivity contribution in [1.29, 1.82) is 0 Å². The second-order valence-corrected chi connectivity index (χ2v) is 9.45. The number of benzene rings is 1. The van der Waals surface area contributed by atoms with Gasteiger partial charge in [-0.05, 0) is 37.8 Å². The average molecular weight is 500 g/mol. The quantitative estimate of drug-likeness (QED) is 0.342. The molecule has 0 aliphatic heterocycles. The van der Waals surface area contributed by atoms with Crippen LogP contribution in [-0.4, -0.2) is 46.3 Å². The fraction of sp³-hybridized carbons (Fsp3) is 0.519. The third-order valence-electron chi connectivity index (χ3n) is 5.36. The van der Waals surface area contributed by atoms with Crippen molar-refractivity contribution in [1.82, 2.24) is 14.7 Å². The summed E-state index contributed by atoms with van der Waals surface area (Å²) in [6, 6.07) is 4.61. The lowest BCUT2D eigenvalue weighted by Crippen LogP contribution is -2.36. The van der Waals surface area contributed by atoms with Gasteiger partial charge >= 0.3 is 0 Å². The number of aromatic amines is 1. The van der Waals surface area contributed by atoms with Gasteiger partial charge in [-0.25, -0.2) is 4.68 Å². The van der Waals surface area contributed by atoms with Crippen LogP contribution in [0.15, 0.2) is 27.8 Å². The Labute approximate surface area is 213 Å². The lowest BCUT2D eigenvalue weighted by molar-refractivity contribution is 0.0824. The molecule has 1 heterocycles. The highest BCUT2D eigenvalue weighted by atomic mass is 16.3. The van der Waals surface area contributed by atoms with Gasteiger partial charge in [0.05, 0.1) is 17.3 Å². The Morgan fingerprint density at radius 2 is 1.72 bits per heavy atom. The van der Waals surface area contributed by atoms with E-state index >= 15 is 0 Å². The molecule has 1 aromatic carbocycles. The molecule has 1 aliphatic rings. The van der Waals surface area contributed by atoms with E-state index in [9.17, 15) is 19.5 Å². The lowest BCUT2D eigenvalue weighted by Gasteiger charge is -2.25. The standard InChI is InChI=1S/C21H29N5O4.C4H10.C2H2/c1-4-22-16-17(21(30)26(24-19(16)28)13-9-6-5-7-10-13)23-15-12-8-11-14(18(15)27)20(29)25(2)3;1-4(2)3;1-2/h8,11-13,22-23,27H,4-7,9-10H2,1-3H3,(H,24,28);4H,1-3H3;1-2H. The van der Waals surface area contributed by atoms with E-state index < -0.39 is 5.56 Å². The van der Waals surface area contributed by atoms with E-state index in [0.29, 0.717) is 6.54 Å². The number of hydrogen-bond donors (Lipinski definition) is 4. The molecule has 9 heteroatoms. The van der Waals surface area contributed by atoms with Crippen molar-refractivity contribution in [2.75, 3.05) is 31.3 Å². The van der Waals surface area contributed by atoms with Crippen LogP contribution in [0.4, 0.5) is 17.1 Å². The van der Waals surface area contributed by atoms with Gasteiger partial charge < -0.3 is 20.6 Å². The number of phenols is 1. The number of carbonyl (C=O) groups excluding carboxylic acids is 1. The van der Waals surface area contributed by atoms with Gasteiger partial charge in [0.15, 0.2) is 5.75 Å². The smallest absolute Gasteiger partial charge is 0.291 e. The first-order valence-electron chi connectivity index (χ1n) is 12.3. The number of aromatic nitrogens is 2. The molecule has 3 rings (SSSR count). The predicted molar refractivity (Wildman–Crippen MR) is 147 cm³/mol. The van der Waals surface area contributed by atoms with Crippen LogP contribution in [0.25, 0.3) is 0 Å². The van der Waals surface area contributed by atoms with Crippen LogP contribution in [0.3, 0.4) is 0 Å². The summed E-state index contributed by atoms with van der Waals surface area (Å²) in [4.78, 5) is 39.7. The van der Waals surface area contributed by atoms with Gasteiger partial charge in [-0.15, -0.1) is 12.8 Å². The zero-order chi connectivity index (χ0) is 27.4. The molecule has 36 heavy (non-hydrogen) atoms. The number of aromatic hydroxyl groups is 1. The number of H-pyrrole nitrogens is 1. The minimum absolute atomic E-state index is 0.0518. The summed E-state index contributed by atoms with van der Waals surface area (Å²) in [5.41, 5.74) is -0.341. The Balaban J connectivity index is 0.000000982. The van der Waals surface area contributed by atoms with Crippen LogP contribution in [-0.2, 0) is 0 Å². The molecule has 1 amide bonds. The van der Waals surface area contributed by atoms with E-state index in [1.165, 1.54) is 15.6 Å². The molecule has 2 aromatic rings. The monoisotopic (exact) mass is 499 g/mol. The van der Waals surface area contributed by atoms with Gasteiger partial charge in [0, 0.05) is 20.6 Å². The number of para-hydroxylation sites is 1. The largest absolute Gasteiger partial charge is 0.505 e. The topological polar surface area (TPSA) is 119 Å². The highest BCUT2D eigenvalue weighted by Gasteiger charge is 2.23. The summed E-state index contributed by atoms with van der Waals surface area (Å²) in [5.74, 6) is 0.191. The van der Waals surface area contributed by atoms with Crippen LogP contribution in [0.2, 0.25) is 0 Å². The molecule has 0 unspecified atom stereocenters. The molecule has 198 valence electrons. The summed E-state index contributed by atoms with van der Waals surface area (Å²) >= 11 is 0. The number of nitrogens with one attached hydrogen (secondary N) is 3. The third kappa shape index (κ3) is 7.94. The van der Waals surface area contributed by atoms with Crippen molar-refractivity contribution in [2.24, 2.45) is 5.92 Å². The van der Waals surface area contributed by atoms with Gasteiger partial charge in [0.25, 0.3) is 17.0 Å². The van der Waals surface area contributed by atoms with Gasteiger partial charge in [-0.3, -0.25) is 19.5 Å². The molecule has 0 atom stereocenters. The lowest BCUT2D eigenvalue weighted by atomic mass is 9.95. The fourth-order valence-corrected chi connectivity index (χ4v) is 3.81. The van der Waals surface area contributed by atoms with Gasteiger partial charge in [-0.1, -0.05) is 46.1 Å². The van der Waals surface area contributed by atoms with E-state index in [0.717, 1.165) is 38.0 Å². The summed E-state index contributed by atoms with van der Waals surface area (Å²) in [6.45, 7) is 8.76. The summed E-state index contributed by atoms with van der Waals surface area (Å²) in [5, 5.41) is 19.2. The molecule has 9 nitrogen and oxygen atoms in total. The number of nitrogens with zero attached hydrogens (tertiary/aromatic N) is 2. The molecular formula is C27H41N5O4. The number of rotatable bonds is 6. The minimum Gasteiger partial charge on any atom is -0.505 e. The highest BCUT2D eigenvalue weighted by molar-refractivity contribution is 5.98. The number of amides is 1. The van der Waals surface area contributed by atoms with Crippen molar-refractivity contribution in [3.05, 3.63) is 44.5 Å². The first kappa shape index (κ1) is 30.4. The van der Waals surface area contributed by atoms with Crippen molar-refractivity contribution in [2.45, 2.75) is 65.8 Å². The molecule has 0 spiro atoms. The number of terminal acetylenes is 1. The second-order valence-electron chi connectivity index (χ2n) is 9.45. The number of phenolic OH excluding ortho intramolecular Hbond substituents is 1. The Morgan fingerprint density at radius 3 is 2.25 bits per heavy atom. The first-order chi connectivity index (χ1) is 17.1. The molecule has 1 saturated carbocycles. The Morgan fingerprint density at radius 1 is 1.14 bits per heavy atom. The highest BCUT2D eigenvalue weighted by Crippen LogP contribution is 2.32. The van der Waals surface area contributed by atoms with Crippen LogP contribution < -0.4 is 21.8 Å². The van der Waals surface area contributed by atoms with E-state index in [2.05, 4.69) is 49.4 Å². The van der Waals surface area contributed by atoms with Gasteiger partial charge in [0.2, 0.25) is 0 Å². The normalized spacial score (nSPS) is 13.0. The summed E-state index contributed by atoms with van der Waals surface area (Å²) in [6.07, 6.45) is 12.8. The van der Waals surface area contributed by atoms with E-state index in [-0.39, 0.29) is 45.9 Å². The zero-order valence-corrected chi connectivity index (χ0v) is 22.4. The van der Waals surface area contributed by atoms with Crippen LogP contribution in [0, 0.1) is 18.8 Å². The fourth-order valence-electron chi connectivity index (χ4n) is 3.81. The van der Waals surface area contributed by atoms with Gasteiger partial charge in [0.1, 0.15) is 11.4 Å².